The van der Waals surface area contributed by atoms with Crippen LogP contribution in [0.4, 0.5) is 5.82 Å². The summed E-state index contributed by atoms with van der Waals surface area (Å²) in [6, 6.07) is 17.5. The summed E-state index contributed by atoms with van der Waals surface area (Å²) < 4.78 is 2.18. The largest absolute Gasteiger partial charge is 0.345 e. The van der Waals surface area contributed by atoms with Gasteiger partial charge in [-0.25, -0.2) is 4.98 Å². The van der Waals surface area contributed by atoms with E-state index >= 15 is 0 Å². The Labute approximate surface area is 208 Å². The molecule has 0 radical (unpaired) electrons. The highest BCUT2D eigenvalue weighted by atomic mass is 15.4. The SMILES string of the molecule is Cc1ccc(C[NH+]2CCN(c3c4c(nc5c(-c6ccccc6)c(C)nn35)CCCC4)CC2)c(C)c1. The van der Waals surface area contributed by atoms with E-state index in [9.17, 15) is 0 Å². The summed E-state index contributed by atoms with van der Waals surface area (Å²) in [4.78, 5) is 9.50. The van der Waals surface area contributed by atoms with Crippen LogP contribution in [-0.2, 0) is 19.4 Å². The van der Waals surface area contributed by atoms with Gasteiger partial charge in [-0.3, -0.25) is 0 Å². The van der Waals surface area contributed by atoms with E-state index < -0.39 is 0 Å². The van der Waals surface area contributed by atoms with Crippen LogP contribution in [0.15, 0.2) is 48.5 Å². The summed E-state index contributed by atoms with van der Waals surface area (Å²) in [6.07, 6.45) is 4.67. The zero-order valence-electron chi connectivity index (χ0n) is 21.3. The molecule has 6 rings (SSSR count). The van der Waals surface area contributed by atoms with Crippen LogP contribution in [-0.4, -0.2) is 40.8 Å². The van der Waals surface area contributed by atoms with Crippen LogP contribution in [0.1, 0.15) is 46.5 Å². The first kappa shape index (κ1) is 22.3. The maximum atomic E-state index is 5.22. The Morgan fingerprint density at radius 2 is 1.69 bits per heavy atom. The van der Waals surface area contributed by atoms with Gasteiger partial charge in [-0.15, -0.1) is 0 Å². The minimum absolute atomic E-state index is 1.02. The maximum absolute atomic E-state index is 5.22. The predicted molar refractivity (Wildman–Crippen MR) is 142 cm³/mol. The standard InChI is InChI=1S/C30H35N5/c1-21-13-14-25(22(2)19-21)20-33-15-17-34(18-16-33)30-26-11-7-8-12-27(26)31-29-28(23(3)32-35(29)30)24-9-5-4-6-10-24/h4-6,9-10,13-14,19H,7-8,11-12,15-18,20H2,1-3H3/p+1. The molecule has 1 fully saturated rings. The molecule has 0 atom stereocenters. The molecule has 0 spiro atoms. The summed E-state index contributed by atoms with van der Waals surface area (Å²) in [5, 5.41) is 5.09. The number of anilines is 1. The van der Waals surface area contributed by atoms with Gasteiger partial charge in [-0.1, -0.05) is 54.1 Å². The van der Waals surface area contributed by atoms with Crippen LogP contribution in [0, 0.1) is 20.8 Å². The van der Waals surface area contributed by atoms with E-state index in [2.05, 4.69) is 78.7 Å². The Hall–Kier alpha value is -3.18. The highest BCUT2D eigenvalue weighted by Gasteiger charge is 2.29. The second-order valence-electron chi connectivity index (χ2n) is 10.5. The average Bonchev–Trinajstić information content (AvgIpc) is 3.20. The number of benzene rings is 2. The van der Waals surface area contributed by atoms with Crippen LogP contribution >= 0.6 is 0 Å². The molecule has 2 aliphatic rings. The Bertz CT molecular complexity index is 1360. The Balaban J connectivity index is 1.34. The van der Waals surface area contributed by atoms with Crippen LogP contribution in [0.5, 0.6) is 0 Å². The number of rotatable bonds is 4. The quantitative estimate of drug-likeness (QED) is 0.492. The minimum Gasteiger partial charge on any atom is -0.345 e. The zero-order valence-corrected chi connectivity index (χ0v) is 21.3. The highest BCUT2D eigenvalue weighted by molar-refractivity contribution is 5.81. The van der Waals surface area contributed by atoms with E-state index in [-0.39, 0.29) is 0 Å². The van der Waals surface area contributed by atoms with Gasteiger partial charge in [-0.05, 0) is 57.6 Å². The van der Waals surface area contributed by atoms with Crippen LogP contribution in [0.2, 0.25) is 0 Å². The van der Waals surface area contributed by atoms with Crippen LogP contribution < -0.4 is 9.80 Å². The first-order valence-corrected chi connectivity index (χ1v) is 13.2. The number of hydrogen-bond donors (Lipinski definition) is 1. The lowest BCUT2D eigenvalue weighted by Crippen LogP contribution is -3.13. The Kier molecular flexibility index (Phi) is 5.81. The van der Waals surface area contributed by atoms with E-state index in [1.54, 1.807) is 4.90 Å². The molecular weight excluding hydrogens is 430 g/mol. The van der Waals surface area contributed by atoms with Crippen molar-refractivity contribution >= 4 is 11.5 Å². The van der Waals surface area contributed by atoms with E-state index in [0.717, 1.165) is 56.9 Å². The van der Waals surface area contributed by atoms with Crippen molar-refractivity contribution in [3.05, 3.63) is 82.2 Å². The van der Waals surface area contributed by atoms with Crippen molar-refractivity contribution in [2.45, 2.75) is 53.0 Å². The molecule has 5 nitrogen and oxygen atoms in total. The number of quaternary nitrogens is 1. The average molecular weight is 467 g/mol. The lowest BCUT2D eigenvalue weighted by Gasteiger charge is -2.35. The number of nitrogens with zero attached hydrogens (tertiary/aromatic N) is 4. The van der Waals surface area contributed by atoms with E-state index in [1.807, 2.05) is 0 Å². The number of hydrogen-bond acceptors (Lipinski definition) is 3. The molecule has 1 aliphatic carbocycles. The monoisotopic (exact) mass is 466 g/mol. The van der Waals surface area contributed by atoms with Crippen molar-refractivity contribution in [1.29, 1.82) is 0 Å². The van der Waals surface area contributed by atoms with Crippen molar-refractivity contribution in [2.24, 2.45) is 0 Å². The lowest BCUT2D eigenvalue weighted by atomic mass is 9.95. The molecule has 1 N–H and O–H groups in total. The summed E-state index contributed by atoms with van der Waals surface area (Å²) >= 11 is 0. The van der Waals surface area contributed by atoms with E-state index in [4.69, 9.17) is 10.1 Å². The van der Waals surface area contributed by atoms with Gasteiger partial charge in [-0.2, -0.15) is 9.61 Å². The van der Waals surface area contributed by atoms with Crippen molar-refractivity contribution < 1.29 is 4.90 Å². The fraction of sp³-hybridized carbons (Fsp3) is 0.400. The maximum Gasteiger partial charge on any atom is 0.165 e. The molecule has 2 aromatic carbocycles. The number of aryl methyl sites for hydroxylation is 4. The van der Waals surface area contributed by atoms with Gasteiger partial charge in [0.2, 0.25) is 0 Å². The normalized spacial score (nSPS) is 16.6. The molecule has 1 aliphatic heterocycles. The first-order chi connectivity index (χ1) is 17.1. The molecule has 4 aromatic rings. The first-order valence-electron chi connectivity index (χ1n) is 13.2. The molecule has 3 heterocycles. The van der Waals surface area contributed by atoms with Gasteiger partial charge in [0.25, 0.3) is 0 Å². The van der Waals surface area contributed by atoms with Crippen molar-refractivity contribution in [3.63, 3.8) is 0 Å². The molecule has 0 unspecified atom stereocenters. The Morgan fingerprint density at radius 3 is 2.46 bits per heavy atom. The summed E-state index contributed by atoms with van der Waals surface area (Å²) in [7, 11) is 0. The van der Waals surface area contributed by atoms with Gasteiger partial charge >= 0.3 is 0 Å². The molecule has 0 saturated carbocycles. The molecule has 180 valence electrons. The third kappa shape index (κ3) is 4.12. The van der Waals surface area contributed by atoms with Crippen LogP contribution in [0.25, 0.3) is 16.8 Å². The smallest absolute Gasteiger partial charge is 0.165 e. The van der Waals surface area contributed by atoms with Gasteiger partial charge in [0.05, 0.1) is 31.9 Å². The van der Waals surface area contributed by atoms with E-state index in [0.29, 0.717) is 0 Å². The summed E-state index contributed by atoms with van der Waals surface area (Å²) in [5.74, 6) is 1.31. The second kappa shape index (κ2) is 9.12. The topological polar surface area (TPSA) is 37.9 Å². The minimum atomic E-state index is 1.02. The lowest BCUT2D eigenvalue weighted by molar-refractivity contribution is -0.914. The van der Waals surface area contributed by atoms with Gasteiger partial charge in [0.15, 0.2) is 5.65 Å². The Morgan fingerprint density at radius 1 is 0.914 bits per heavy atom. The molecule has 5 heteroatoms. The van der Waals surface area contributed by atoms with Crippen molar-refractivity contribution in [1.82, 2.24) is 14.6 Å². The van der Waals surface area contributed by atoms with Crippen molar-refractivity contribution in [2.75, 3.05) is 31.1 Å². The zero-order chi connectivity index (χ0) is 23.9. The number of aromatic nitrogens is 3. The van der Waals surface area contributed by atoms with Crippen molar-refractivity contribution in [3.8, 4) is 11.1 Å². The summed E-state index contributed by atoms with van der Waals surface area (Å²) in [5.41, 5.74) is 11.5. The third-order valence-electron chi connectivity index (χ3n) is 7.96. The van der Waals surface area contributed by atoms with Gasteiger partial charge < -0.3 is 9.80 Å². The summed E-state index contributed by atoms with van der Waals surface area (Å²) in [6.45, 7) is 12.1. The molecule has 35 heavy (non-hydrogen) atoms. The number of piperazine rings is 1. The molecule has 0 amide bonds. The second-order valence-corrected chi connectivity index (χ2v) is 10.5. The molecule has 0 bridgehead atoms. The van der Waals surface area contributed by atoms with E-state index in [1.165, 1.54) is 57.7 Å². The van der Waals surface area contributed by atoms with Crippen LogP contribution in [0.3, 0.4) is 0 Å². The molecular formula is C30H36N5+. The van der Waals surface area contributed by atoms with Gasteiger partial charge in [0.1, 0.15) is 12.4 Å². The highest BCUT2D eigenvalue weighted by Crippen LogP contribution is 2.35. The molecule has 2 aromatic heterocycles. The fourth-order valence-corrected chi connectivity index (χ4v) is 6.07. The number of fused-ring (bicyclic) bond motifs is 2. The van der Waals surface area contributed by atoms with Gasteiger partial charge in [0, 0.05) is 22.4 Å². The fourth-order valence-electron chi connectivity index (χ4n) is 6.07. The third-order valence-corrected chi connectivity index (χ3v) is 7.96. The molecule has 1 saturated heterocycles. The predicted octanol–water partition coefficient (Wildman–Crippen LogP) is 4.11. The number of nitrogens with one attached hydrogen (secondary N) is 1.